The Morgan fingerprint density at radius 3 is 2.53 bits per heavy atom. The van der Waals surface area contributed by atoms with Crippen LogP contribution >= 0.6 is 15.9 Å². The second kappa shape index (κ2) is 6.08. The van der Waals surface area contributed by atoms with Gasteiger partial charge in [0.2, 0.25) is 0 Å². The van der Waals surface area contributed by atoms with Crippen molar-refractivity contribution in [3.05, 3.63) is 69.4 Å². The van der Waals surface area contributed by atoms with E-state index in [1.165, 1.54) is 12.1 Å². The number of halogens is 2. The molecule has 1 N–H and O–H groups in total. The van der Waals surface area contributed by atoms with Gasteiger partial charge in [-0.25, -0.2) is 4.39 Å². The Labute approximate surface area is 119 Å². The van der Waals surface area contributed by atoms with E-state index in [4.69, 9.17) is 0 Å². The standard InChI is InChI=1S/C15H13BrFNO/c1-18-9-10-2-4-11(5-3-10)15(19)13-8-12(16)6-7-14(13)17/h2-8,18H,9H2,1H3. The quantitative estimate of drug-likeness (QED) is 0.873. The largest absolute Gasteiger partial charge is 0.316 e. The summed E-state index contributed by atoms with van der Waals surface area (Å²) < 4.78 is 14.3. The summed E-state index contributed by atoms with van der Waals surface area (Å²) in [4.78, 5) is 12.2. The Bertz CT molecular complexity index is 596. The predicted molar refractivity (Wildman–Crippen MR) is 76.7 cm³/mol. The molecule has 0 saturated heterocycles. The lowest BCUT2D eigenvalue weighted by molar-refractivity contribution is 0.103. The molecule has 4 heteroatoms. The van der Waals surface area contributed by atoms with Gasteiger partial charge in [0.05, 0.1) is 5.56 Å². The van der Waals surface area contributed by atoms with Crippen molar-refractivity contribution in [1.82, 2.24) is 5.32 Å². The first-order valence-corrected chi connectivity index (χ1v) is 6.64. The van der Waals surface area contributed by atoms with Gasteiger partial charge in [-0.3, -0.25) is 4.79 Å². The zero-order valence-electron chi connectivity index (χ0n) is 10.4. The van der Waals surface area contributed by atoms with E-state index in [2.05, 4.69) is 21.2 Å². The number of nitrogens with one attached hydrogen (secondary N) is 1. The number of ketones is 1. The lowest BCUT2D eigenvalue weighted by atomic mass is 10.0. The molecule has 98 valence electrons. The van der Waals surface area contributed by atoms with Crippen molar-refractivity contribution in [1.29, 1.82) is 0 Å². The number of hydrogen-bond acceptors (Lipinski definition) is 2. The fraction of sp³-hybridized carbons (Fsp3) is 0.133. The highest BCUT2D eigenvalue weighted by molar-refractivity contribution is 9.10. The molecule has 2 rings (SSSR count). The minimum Gasteiger partial charge on any atom is -0.316 e. The molecule has 0 aliphatic carbocycles. The van der Waals surface area contributed by atoms with Crippen LogP contribution in [-0.2, 0) is 6.54 Å². The van der Waals surface area contributed by atoms with E-state index in [0.717, 1.165) is 12.1 Å². The summed E-state index contributed by atoms with van der Waals surface area (Å²) >= 11 is 3.24. The van der Waals surface area contributed by atoms with E-state index in [9.17, 15) is 9.18 Å². The van der Waals surface area contributed by atoms with Crippen LogP contribution < -0.4 is 5.32 Å². The van der Waals surface area contributed by atoms with E-state index in [1.54, 1.807) is 18.2 Å². The van der Waals surface area contributed by atoms with Gasteiger partial charge in [0.15, 0.2) is 5.78 Å². The summed E-state index contributed by atoms with van der Waals surface area (Å²) in [5, 5.41) is 3.03. The van der Waals surface area contributed by atoms with Crippen LogP contribution in [-0.4, -0.2) is 12.8 Å². The molecular weight excluding hydrogens is 309 g/mol. The lowest BCUT2D eigenvalue weighted by Gasteiger charge is -2.05. The molecule has 0 aromatic heterocycles. The number of carbonyl (C=O) groups is 1. The summed E-state index contributed by atoms with van der Waals surface area (Å²) in [6, 6.07) is 11.5. The maximum absolute atomic E-state index is 13.7. The zero-order valence-corrected chi connectivity index (χ0v) is 12.0. The van der Waals surface area contributed by atoms with Crippen LogP contribution in [0, 0.1) is 5.82 Å². The molecule has 0 fully saturated rings. The molecule has 0 aliphatic heterocycles. The summed E-state index contributed by atoms with van der Waals surface area (Å²) in [5.41, 5.74) is 1.64. The fourth-order valence-electron chi connectivity index (χ4n) is 1.81. The third kappa shape index (κ3) is 3.28. The number of benzene rings is 2. The van der Waals surface area contributed by atoms with Crippen molar-refractivity contribution in [2.45, 2.75) is 6.54 Å². The molecule has 19 heavy (non-hydrogen) atoms. The van der Waals surface area contributed by atoms with Gasteiger partial charge in [0, 0.05) is 16.6 Å². The second-order valence-electron chi connectivity index (χ2n) is 4.18. The van der Waals surface area contributed by atoms with E-state index in [0.29, 0.717) is 10.0 Å². The zero-order chi connectivity index (χ0) is 13.8. The highest BCUT2D eigenvalue weighted by Crippen LogP contribution is 2.19. The van der Waals surface area contributed by atoms with E-state index >= 15 is 0 Å². The second-order valence-corrected chi connectivity index (χ2v) is 5.10. The average molecular weight is 322 g/mol. The lowest BCUT2D eigenvalue weighted by Crippen LogP contribution is -2.07. The van der Waals surface area contributed by atoms with Crippen molar-refractivity contribution < 1.29 is 9.18 Å². The monoisotopic (exact) mass is 321 g/mol. The van der Waals surface area contributed by atoms with Crippen LogP contribution in [0.1, 0.15) is 21.5 Å². The van der Waals surface area contributed by atoms with Crippen molar-refractivity contribution in [2.24, 2.45) is 0 Å². The highest BCUT2D eigenvalue weighted by atomic mass is 79.9. The van der Waals surface area contributed by atoms with Crippen LogP contribution in [0.5, 0.6) is 0 Å². The minimum atomic E-state index is -0.507. The first kappa shape index (κ1) is 13.9. The summed E-state index contributed by atoms with van der Waals surface area (Å²) in [6.45, 7) is 0.736. The van der Waals surface area contributed by atoms with Gasteiger partial charge < -0.3 is 5.32 Å². The van der Waals surface area contributed by atoms with Gasteiger partial charge in [0.25, 0.3) is 0 Å². The van der Waals surface area contributed by atoms with Crippen LogP contribution in [0.2, 0.25) is 0 Å². The average Bonchev–Trinajstić information content (AvgIpc) is 2.42. The summed E-state index contributed by atoms with van der Waals surface area (Å²) in [7, 11) is 1.86. The Morgan fingerprint density at radius 1 is 1.21 bits per heavy atom. The molecule has 0 unspecified atom stereocenters. The van der Waals surface area contributed by atoms with Gasteiger partial charge >= 0.3 is 0 Å². The molecule has 0 atom stereocenters. The fourth-order valence-corrected chi connectivity index (χ4v) is 2.17. The third-order valence-electron chi connectivity index (χ3n) is 2.77. The number of hydrogen-bond donors (Lipinski definition) is 1. The molecular formula is C15H13BrFNO. The maximum atomic E-state index is 13.7. The SMILES string of the molecule is CNCc1ccc(C(=O)c2cc(Br)ccc2F)cc1. The number of rotatable bonds is 4. The van der Waals surface area contributed by atoms with Crippen molar-refractivity contribution >= 4 is 21.7 Å². The van der Waals surface area contributed by atoms with Crippen LogP contribution in [0.4, 0.5) is 4.39 Å². The first-order valence-electron chi connectivity index (χ1n) is 5.85. The molecule has 0 bridgehead atoms. The minimum absolute atomic E-state index is 0.0794. The maximum Gasteiger partial charge on any atom is 0.196 e. The molecule has 2 aromatic rings. The molecule has 0 amide bonds. The van der Waals surface area contributed by atoms with Gasteiger partial charge in [-0.15, -0.1) is 0 Å². The topological polar surface area (TPSA) is 29.1 Å². The van der Waals surface area contributed by atoms with Crippen LogP contribution in [0.15, 0.2) is 46.9 Å². The van der Waals surface area contributed by atoms with Gasteiger partial charge in [0.1, 0.15) is 5.82 Å². The molecule has 0 saturated carbocycles. The molecule has 0 radical (unpaired) electrons. The Kier molecular flexibility index (Phi) is 4.45. The Hall–Kier alpha value is -1.52. The Morgan fingerprint density at radius 2 is 1.89 bits per heavy atom. The Balaban J connectivity index is 2.30. The normalized spacial score (nSPS) is 10.5. The third-order valence-corrected chi connectivity index (χ3v) is 3.26. The summed E-state index contributed by atoms with van der Waals surface area (Å²) in [5.74, 6) is -0.817. The van der Waals surface area contributed by atoms with Crippen LogP contribution in [0.3, 0.4) is 0 Å². The van der Waals surface area contributed by atoms with E-state index in [-0.39, 0.29) is 11.3 Å². The molecule has 2 nitrogen and oxygen atoms in total. The van der Waals surface area contributed by atoms with E-state index in [1.807, 2.05) is 19.2 Å². The number of carbonyl (C=O) groups excluding carboxylic acids is 1. The van der Waals surface area contributed by atoms with Crippen LogP contribution in [0.25, 0.3) is 0 Å². The van der Waals surface area contributed by atoms with Gasteiger partial charge in [-0.05, 0) is 30.8 Å². The first-order chi connectivity index (χ1) is 9.11. The van der Waals surface area contributed by atoms with Crippen molar-refractivity contribution in [2.75, 3.05) is 7.05 Å². The van der Waals surface area contributed by atoms with Gasteiger partial charge in [-0.1, -0.05) is 40.2 Å². The molecule has 2 aromatic carbocycles. The molecule has 0 aliphatic rings. The highest BCUT2D eigenvalue weighted by Gasteiger charge is 2.14. The smallest absolute Gasteiger partial charge is 0.196 e. The van der Waals surface area contributed by atoms with Gasteiger partial charge in [-0.2, -0.15) is 0 Å². The molecule has 0 spiro atoms. The van der Waals surface area contributed by atoms with E-state index < -0.39 is 5.82 Å². The predicted octanol–water partition coefficient (Wildman–Crippen LogP) is 3.54. The van der Waals surface area contributed by atoms with Crippen molar-refractivity contribution in [3.63, 3.8) is 0 Å². The van der Waals surface area contributed by atoms with Crippen molar-refractivity contribution in [3.8, 4) is 0 Å². The molecule has 0 heterocycles. The summed E-state index contributed by atoms with van der Waals surface area (Å²) in [6.07, 6.45) is 0.